The third-order valence-corrected chi connectivity index (χ3v) is 6.09. The van der Waals surface area contributed by atoms with Gasteiger partial charge >= 0.3 is 0 Å². The van der Waals surface area contributed by atoms with Crippen molar-refractivity contribution in [2.24, 2.45) is 16.7 Å². The fourth-order valence-corrected chi connectivity index (χ4v) is 4.18. The molecule has 1 heterocycles. The van der Waals surface area contributed by atoms with Crippen LogP contribution in [0.2, 0.25) is 0 Å². The molecular formula is C15H32N2O3S. The van der Waals surface area contributed by atoms with Gasteiger partial charge in [-0.3, -0.25) is 0 Å². The highest BCUT2D eigenvalue weighted by Crippen LogP contribution is 2.34. The molecule has 0 aliphatic carbocycles. The van der Waals surface area contributed by atoms with Crippen molar-refractivity contribution in [1.29, 1.82) is 0 Å². The average molecular weight is 320 g/mol. The van der Waals surface area contributed by atoms with Crippen molar-refractivity contribution in [2.45, 2.75) is 53.9 Å². The summed E-state index contributed by atoms with van der Waals surface area (Å²) in [7, 11) is -3.40. The zero-order valence-electron chi connectivity index (χ0n) is 14.1. The summed E-state index contributed by atoms with van der Waals surface area (Å²) in [4.78, 5) is 0. The summed E-state index contributed by atoms with van der Waals surface area (Å²) in [6.07, 6.45) is 2.43. The van der Waals surface area contributed by atoms with Crippen molar-refractivity contribution in [3.63, 3.8) is 0 Å². The average Bonchev–Trinajstić information content (AvgIpc) is 2.36. The molecule has 0 unspecified atom stereocenters. The van der Waals surface area contributed by atoms with Crippen molar-refractivity contribution in [1.82, 2.24) is 9.03 Å². The van der Waals surface area contributed by atoms with Crippen molar-refractivity contribution in [2.75, 3.05) is 26.2 Å². The quantitative estimate of drug-likeness (QED) is 0.786. The van der Waals surface area contributed by atoms with Crippen LogP contribution in [0, 0.1) is 16.7 Å². The van der Waals surface area contributed by atoms with Gasteiger partial charge in [-0.2, -0.15) is 12.7 Å². The van der Waals surface area contributed by atoms with E-state index in [1.54, 1.807) is 4.31 Å². The second kappa shape index (κ2) is 6.94. The van der Waals surface area contributed by atoms with Gasteiger partial charge in [0.25, 0.3) is 10.2 Å². The van der Waals surface area contributed by atoms with Gasteiger partial charge in [0.2, 0.25) is 0 Å². The number of piperidine rings is 1. The van der Waals surface area contributed by atoms with Crippen LogP contribution in [0.15, 0.2) is 0 Å². The first-order chi connectivity index (χ1) is 9.48. The third-order valence-electron chi connectivity index (χ3n) is 4.54. The van der Waals surface area contributed by atoms with E-state index in [1.165, 1.54) is 0 Å². The van der Waals surface area contributed by atoms with Crippen molar-refractivity contribution < 1.29 is 13.5 Å². The number of aliphatic hydroxyl groups excluding tert-OH is 1. The van der Waals surface area contributed by atoms with Crippen LogP contribution >= 0.6 is 0 Å². The second-order valence-corrected chi connectivity index (χ2v) is 9.76. The van der Waals surface area contributed by atoms with Crippen molar-refractivity contribution in [3.8, 4) is 0 Å². The van der Waals surface area contributed by atoms with Crippen molar-refractivity contribution >= 4 is 10.2 Å². The van der Waals surface area contributed by atoms with E-state index in [0.29, 0.717) is 32.0 Å². The minimum absolute atomic E-state index is 0.0751. The van der Waals surface area contributed by atoms with Gasteiger partial charge in [-0.15, -0.1) is 0 Å². The highest BCUT2D eigenvalue weighted by Gasteiger charge is 2.33. The molecule has 0 amide bonds. The molecule has 6 heteroatoms. The van der Waals surface area contributed by atoms with Gasteiger partial charge in [-0.05, 0) is 36.0 Å². The van der Waals surface area contributed by atoms with Crippen LogP contribution < -0.4 is 4.72 Å². The topological polar surface area (TPSA) is 69.6 Å². The van der Waals surface area contributed by atoms with Gasteiger partial charge in [-0.1, -0.05) is 34.6 Å². The molecule has 126 valence electrons. The smallest absolute Gasteiger partial charge is 0.279 e. The van der Waals surface area contributed by atoms with Crippen LogP contribution in [-0.4, -0.2) is 44.1 Å². The van der Waals surface area contributed by atoms with E-state index in [4.69, 9.17) is 5.11 Å². The molecule has 0 saturated carbocycles. The Morgan fingerprint density at radius 1 is 1.14 bits per heavy atom. The Morgan fingerprint density at radius 3 is 2.10 bits per heavy atom. The summed E-state index contributed by atoms with van der Waals surface area (Å²) in [5.74, 6) is 0.578. The number of nitrogens with one attached hydrogen (secondary N) is 1. The Morgan fingerprint density at radius 2 is 1.67 bits per heavy atom. The Balaban J connectivity index is 2.54. The molecule has 0 spiro atoms. The highest BCUT2D eigenvalue weighted by atomic mass is 32.2. The van der Waals surface area contributed by atoms with Gasteiger partial charge in [0, 0.05) is 26.2 Å². The first-order valence-corrected chi connectivity index (χ1v) is 9.27. The summed E-state index contributed by atoms with van der Waals surface area (Å²) in [6, 6.07) is 0. The zero-order chi connectivity index (χ0) is 16.3. The minimum atomic E-state index is -3.40. The van der Waals surface area contributed by atoms with Crippen LogP contribution in [0.1, 0.15) is 53.9 Å². The van der Waals surface area contributed by atoms with Gasteiger partial charge in [-0.25, -0.2) is 4.72 Å². The first kappa shape index (κ1) is 18.9. The molecule has 1 fully saturated rings. The normalized spacial score (nSPS) is 19.9. The molecule has 0 atom stereocenters. The Kier molecular flexibility index (Phi) is 6.24. The van der Waals surface area contributed by atoms with Crippen LogP contribution in [0.5, 0.6) is 0 Å². The van der Waals surface area contributed by atoms with Gasteiger partial charge in [0.05, 0.1) is 0 Å². The maximum atomic E-state index is 12.3. The van der Waals surface area contributed by atoms with E-state index in [0.717, 1.165) is 12.8 Å². The van der Waals surface area contributed by atoms with Crippen LogP contribution in [0.4, 0.5) is 0 Å². The number of hydrogen-bond donors (Lipinski definition) is 2. The van der Waals surface area contributed by atoms with Gasteiger partial charge < -0.3 is 5.11 Å². The maximum Gasteiger partial charge on any atom is 0.279 e. The summed E-state index contributed by atoms with van der Waals surface area (Å²) in [5, 5.41) is 9.00. The lowest BCUT2D eigenvalue weighted by Crippen LogP contribution is -2.48. The molecule has 0 bridgehead atoms. The summed E-state index contributed by atoms with van der Waals surface area (Å²) < 4.78 is 28.9. The predicted octanol–water partition coefficient (Wildman–Crippen LogP) is 1.99. The molecular weight excluding hydrogens is 288 g/mol. The maximum absolute atomic E-state index is 12.3. The molecule has 1 saturated heterocycles. The minimum Gasteiger partial charge on any atom is -0.396 e. The lowest BCUT2D eigenvalue weighted by molar-refractivity contribution is 0.152. The van der Waals surface area contributed by atoms with Gasteiger partial charge in [0.15, 0.2) is 0 Å². The molecule has 0 radical (unpaired) electrons. The lowest BCUT2D eigenvalue weighted by Gasteiger charge is -2.38. The van der Waals surface area contributed by atoms with E-state index < -0.39 is 10.2 Å². The Bertz CT molecular complexity index is 419. The highest BCUT2D eigenvalue weighted by molar-refractivity contribution is 7.87. The Hall–Kier alpha value is -0.170. The molecule has 1 aliphatic heterocycles. The summed E-state index contributed by atoms with van der Waals surface area (Å²) >= 11 is 0. The number of hydrogen-bond acceptors (Lipinski definition) is 3. The summed E-state index contributed by atoms with van der Waals surface area (Å²) in [6.45, 7) is 12.2. The molecule has 0 aromatic heterocycles. The molecule has 5 nitrogen and oxygen atoms in total. The number of aliphatic hydroxyl groups is 1. The van der Waals surface area contributed by atoms with E-state index >= 15 is 0 Å². The standard InChI is InChI=1S/C15H32N2O3S/c1-14(2,3)13-6-9-17(10-7-13)21(19,20)16-12-15(4,5)8-11-18/h13,16,18H,6-12H2,1-5H3. The van der Waals surface area contributed by atoms with E-state index in [9.17, 15) is 8.42 Å². The second-order valence-electron chi connectivity index (χ2n) is 8.00. The lowest BCUT2D eigenvalue weighted by atomic mass is 9.76. The largest absolute Gasteiger partial charge is 0.396 e. The molecule has 0 aromatic carbocycles. The van der Waals surface area contributed by atoms with E-state index in [1.807, 2.05) is 13.8 Å². The number of nitrogens with zero attached hydrogens (tertiary/aromatic N) is 1. The molecule has 1 rings (SSSR count). The van der Waals surface area contributed by atoms with Crippen LogP contribution in [0.3, 0.4) is 0 Å². The number of rotatable bonds is 6. The zero-order valence-corrected chi connectivity index (χ0v) is 15.0. The van der Waals surface area contributed by atoms with Gasteiger partial charge in [0.1, 0.15) is 0 Å². The fraction of sp³-hybridized carbons (Fsp3) is 1.00. The van der Waals surface area contributed by atoms with Crippen molar-refractivity contribution in [3.05, 3.63) is 0 Å². The van der Waals surface area contributed by atoms with E-state index in [2.05, 4.69) is 25.5 Å². The molecule has 1 aliphatic rings. The molecule has 21 heavy (non-hydrogen) atoms. The van der Waals surface area contributed by atoms with Crippen LogP contribution in [0.25, 0.3) is 0 Å². The van der Waals surface area contributed by atoms with Crippen LogP contribution in [-0.2, 0) is 10.2 Å². The summed E-state index contributed by atoms with van der Waals surface area (Å²) in [5.41, 5.74) is 0.0119. The third kappa shape index (κ3) is 5.85. The molecule has 0 aromatic rings. The molecule has 2 N–H and O–H groups in total. The Labute approximate surface area is 130 Å². The predicted molar refractivity (Wildman–Crippen MR) is 86.2 cm³/mol. The monoisotopic (exact) mass is 320 g/mol. The first-order valence-electron chi connectivity index (χ1n) is 7.83. The SMILES string of the molecule is CC(C)(CCO)CNS(=O)(=O)N1CCC(C(C)(C)C)CC1. The fourth-order valence-electron chi connectivity index (χ4n) is 2.73. The van der Waals surface area contributed by atoms with E-state index in [-0.39, 0.29) is 17.4 Å².